The summed E-state index contributed by atoms with van der Waals surface area (Å²) in [6, 6.07) is 0. The fourth-order valence-corrected chi connectivity index (χ4v) is 14.4. The molecule has 0 radical (unpaired) electrons. The van der Waals surface area contributed by atoms with E-state index in [1.807, 2.05) is 6.92 Å². The van der Waals surface area contributed by atoms with Crippen LogP contribution in [-0.2, 0) is 28.4 Å². The Hall–Kier alpha value is -0.780. The molecular weight excluding hydrogens is 700 g/mol. The van der Waals surface area contributed by atoms with Crippen LogP contribution in [0.25, 0.3) is 0 Å². The lowest BCUT2D eigenvalue weighted by Gasteiger charge is -2.70. The van der Waals surface area contributed by atoms with Crippen molar-refractivity contribution in [2.75, 3.05) is 19.8 Å². The molecule has 4 heterocycles. The maximum absolute atomic E-state index is 12.1. The molecule has 308 valence electrons. The standard InChI is InChI=1S/C41H66O13/c1-20(2)14-21-15-39(7,48)33-22-8-9-26-37(5)12-11-27(36(3,4)25(37)10-13-38(26,6)40(22)18-41(33,54-21)50-19-40)52-34-31(47)32(23(43)17-49-34)53-35-30(46)29(45)28(44)24(16-42)51-35/h14,21-35,42-48H,8-13,15-19H2,1-7H3/t21?,22?,23-,24?,25?,26?,27-,28+,29?,30-,31-,32?,33?,34-,35-,37-,38+,39?,40-,41-/m0/s1. The minimum atomic E-state index is -1.68. The summed E-state index contributed by atoms with van der Waals surface area (Å²) >= 11 is 0. The highest BCUT2D eigenvalue weighted by atomic mass is 16.7. The van der Waals surface area contributed by atoms with Gasteiger partial charge in [0.05, 0.1) is 37.6 Å². The molecule has 9 unspecified atom stereocenters. The number of aliphatic hydroxyl groups is 7. The maximum atomic E-state index is 12.1. The van der Waals surface area contributed by atoms with Crippen molar-refractivity contribution in [2.24, 2.45) is 45.3 Å². The Bertz CT molecular complexity index is 1450. The zero-order valence-electron chi connectivity index (χ0n) is 33.1. The molecule has 20 atom stereocenters. The lowest BCUT2D eigenvalue weighted by atomic mass is 9.35. The van der Waals surface area contributed by atoms with Crippen LogP contribution in [-0.4, -0.2) is 134 Å². The van der Waals surface area contributed by atoms with Gasteiger partial charge in [0, 0.05) is 24.2 Å². The third-order valence-corrected chi connectivity index (χ3v) is 16.6. The van der Waals surface area contributed by atoms with E-state index in [1.54, 1.807) is 0 Å². The Morgan fingerprint density at radius 1 is 0.833 bits per heavy atom. The second-order valence-electron chi connectivity index (χ2n) is 20.2. The van der Waals surface area contributed by atoms with E-state index < -0.39 is 73.3 Å². The first-order valence-electron chi connectivity index (χ1n) is 20.5. The summed E-state index contributed by atoms with van der Waals surface area (Å²) in [5.41, 5.74) is -0.0544. The lowest BCUT2D eigenvalue weighted by Crippen LogP contribution is -2.67. The summed E-state index contributed by atoms with van der Waals surface area (Å²) in [5, 5.41) is 75.0. The molecule has 4 aliphatic carbocycles. The first-order chi connectivity index (χ1) is 25.2. The number of hydrogen-bond acceptors (Lipinski definition) is 13. The summed E-state index contributed by atoms with van der Waals surface area (Å²) in [6.45, 7) is 15.6. The van der Waals surface area contributed by atoms with E-state index in [1.165, 1.54) is 5.57 Å². The van der Waals surface area contributed by atoms with Gasteiger partial charge < -0.3 is 64.2 Å². The number of aliphatic hydroxyl groups excluding tert-OH is 6. The Balaban J connectivity index is 0.992. The molecule has 4 aliphatic heterocycles. The number of ether oxygens (including phenoxy) is 6. The van der Waals surface area contributed by atoms with Crippen LogP contribution in [0, 0.1) is 45.3 Å². The highest BCUT2D eigenvalue weighted by molar-refractivity contribution is 5.26. The second kappa shape index (κ2) is 13.4. The van der Waals surface area contributed by atoms with Gasteiger partial charge in [-0.05, 0) is 93.3 Å². The van der Waals surface area contributed by atoms with Gasteiger partial charge in [-0.2, -0.15) is 0 Å². The molecule has 2 spiro atoms. The number of hydrogen-bond donors (Lipinski definition) is 7. The van der Waals surface area contributed by atoms with Crippen molar-refractivity contribution in [1.29, 1.82) is 0 Å². The molecule has 13 heteroatoms. The first kappa shape index (κ1) is 40.0. The average molecular weight is 767 g/mol. The predicted octanol–water partition coefficient (Wildman–Crippen LogP) is 2.14. The van der Waals surface area contributed by atoms with Gasteiger partial charge in [-0.15, -0.1) is 0 Å². The van der Waals surface area contributed by atoms with Crippen molar-refractivity contribution < 1.29 is 64.2 Å². The van der Waals surface area contributed by atoms with Gasteiger partial charge in [-0.3, -0.25) is 0 Å². The highest BCUT2D eigenvalue weighted by Gasteiger charge is 2.80. The van der Waals surface area contributed by atoms with Gasteiger partial charge in [0.2, 0.25) is 0 Å². The van der Waals surface area contributed by atoms with Gasteiger partial charge in [-0.1, -0.05) is 39.3 Å². The zero-order chi connectivity index (χ0) is 39.0. The van der Waals surface area contributed by atoms with Crippen molar-refractivity contribution in [2.45, 2.75) is 179 Å². The van der Waals surface area contributed by atoms with Crippen LogP contribution < -0.4 is 0 Å². The van der Waals surface area contributed by atoms with E-state index in [-0.39, 0.29) is 46.4 Å². The molecule has 7 N–H and O–H groups in total. The van der Waals surface area contributed by atoms with Gasteiger partial charge in [0.25, 0.3) is 0 Å². The van der Waals surface area contributed by atoms with E-state index >= 15 is 0 Å². The Kier molecular flexibility index (Phi) is 9.91. The van der Waals surface area contributed by atoms with E-state index in [0.717, 1.165) is 44.9 Å². The molecule has 0 aromatic rings. The number of rotatable bonds is 6. The van der Waals surface area contributed by atoms with Crippen molar-refractivity contribution in [3.63, 3.8) is 0 Å². The molecule has 13 nitrogen and oxygen atoms in total. The maximum Gasteiger partial charge on any atom is 0.187 e. The first-order valence-corrected chi connectivity index (χ1v) is 20.5. The van der Waals surface area contributed by atoms with Crippen LogP contribution >= 0.6 is 0 Å². The molecule has 2 bridgehead atoms. The van der Waals surface area contributed by atoms with E-state index in [0.29, 0.717) is 30.8 Å². The SMILES string of the molecule is CC(C)=CC1CC(C)(O)C2C3CCC4[C@@]5(C)CC[C@H](O[C@@H]6OC[C@H](O)C(O[C@@H]7OC(CO)[C@@H](O)C(O)[C@@H]7O)[C@@H]6O)C(C)(C)C5CC[C@@]4(C)[C@@]34CO[C@@]2(C4)O1. The monoisotopic (exact) mass is 766 g/mol. The Labute approximate surface area is 319 Å². The van der Waals surface area contributed by atoms with Crippen LogP contribution in [0.5, 0.6) is 0 Å². The normalized spacial score (nSPS) is 57.7. The van der Waals surface area contributed by atoms with Gasteiger partial charge >= 0.3 is 0 Å². The molecule has 8 rings (SSSR count). The van der Waals surface area contributed by atoms with Crippen molar-refractivity contribution >= 4 is 0 Å². The number of fused-ring (bicyclic) bond motifs is 4. The van der Waals surface area contributed by atoms with E-state index in [2.05, 4.69) is 47.6 Å². The minimum Gasteiger partial charge on any atom is -0.394 e. The van der Waals surface area contributed by atoms with E-state index in [9.17, 15) is 35.7 Å². The lowest BCUT2D eigenvalue weighted by molar-refractivity contribution is -0.358. The molecule has 4 saturated carbocycles. The van der Waals surface area contributed by atoms with Crippen molar-refractivity contribution in [3.8, 4) is 0 Å². The fraction of sp³-hybridized carbons (Fsp3) is 0.951. The summed E-state index contributed by atoms with van der Waals surface area (Å²) < 4.78 is 37.6. The molecule has 0 aromatic carbocycles. The summed E-state index contributed by atoms with van der Waals surface area (Å²) in [6.07, 6.45) is -3.77. The molecule has 4 saturated heterocycles. The molecule has 8 aliphatic rings. The van der Waals surface area contributed by atoms with Crippen LogP contribution in [0.1, 0.15) is 99.8 Å². The van der Waals surface area contributed by atoms with Crippen molar-refractivity contribution in [1.82, 2.24) is 0 Å². The molecular formula is C41H66O13. The second-order valence-corrected chi connectivity index (χ2v) is 20.2. The largest absolute Gasteiger partial charge is 0.394 e. The summed E-state index contributed by atoms with van der Waals surface area (Å²) in [4.78, 5) is 0. The summed E-state index contributed by atoms with van der Waals surface area (Å²) in [7, 11) is 0. The molecule has 0 aromatic heterocycles. The fourth-order valence-electron chi connectivity index (χ4n) is 14.4. The third kappa shape index (κ3) is 5.65. The highest BCUT2D eigenvalue weighted by Crippen LogP contribution is 2.80. The average Bonchev–Trinajstić information content (AvgIpc) is 3.61. The minimum absolute atomic E-state index is 0.00497. The topological polar surface area (TPSA) is 197 Å². The van der Waals surface area contributed by atoms with Crippen LogP contribution in [0.3, 0.4) is 0 Å². The quantitative estimate of drug-likeness (QED) is 0.154. The van der Waals surface area contributed by atoms with Gasteiger partial charge in [-0.25, -0.2) is 0 Å². The molecule has 0 amide bonds. The zero-order valence-corrected chi connectivity index (χ0v) is 33.1. The third-order valence-electron chi connectivity index (χ3n) is 16.6. The van der Waals surface area contributed by atoms with E-state index in [4.69, 9.17) is 28.4 Å². The predicted molar refractivity (Wildman–Crippen MR) is 192 cm³/mol. The Morgan fingerprint density at radius 2 is 1.57 bits per heavy atom. The van der Waals surface area contributed by atoms with Crippen LogP contribution in [0.4, 0.5) is 0 Å². The Morgan fingerprint density at radius 3 is 2.28 bits per heavy atom. The van der Waals surface area contributed by atoms with Crippen LogP contribution in [0.2, 0.25) is 0 Å². The van der Waals surface area contributed by atoms with Crippen LogP contribution in [0.15, 0.2) is 11.6 Å². The summed E-state index contributed by atoms with van der Waals surface area (Å²) in [5.74, 6) is 0.284. The number of allylic oxidation sites excluding steroid dienone is 1. The molecule has 8 fully saturated rings. The van der Waals surface area contributed by atoms with Crippen molar-refractivity contribution in [3.05, 3.63) is 11.6 Å². The smallest absolute Gasteiger partial charge is 0.187 e. The molecule has 54 heavy (non-hydrogen) atoms. The van der Waals surface area contributed by atoms with Gasteiger partial charge in [0.15, 0.2) is 18.4 Å². The van der Waals surface area contributed by atoms with Gasteiger partial charge in [0.1, 0.15) is 42.7 Å².